The second kappa shape index (κ2) is 8.31. The van der Waals surface area contributed by atoms with Crippen LogP contribution in [0.25, 0.3) is 10.9 Å². The number of halogens is 4. The maximum absolute atomic E-state index is 13.6. The molecule has 0 bridgehead atoms. The van der Waals surface area contributed by atoms with Crippen LogP contribution < -0.4 is 5.32 Å². The van der Waals surface area contributed by atoms with Gasteiger partial charge in [0.2, 0.25) is 0 Å². The molecule has 0 saturated carbocycles. The summed E-state index contributed by atoms with van der Waals surface area (Å²) in [7, 11) is -3.85. The summed E-state index contributed by atoms with van der Waals surface area (Å²) < 4.78 is 73.0. The van der Waals surface area contributed by atoms with Crippen LogP contribution in [0.5, 0.6) is 0 Å². The second-order valence-electron chi connectivity index (χ2n) is 6.91. The molecule has 0 atom stereocenters. The fraction of sp³-hybridized carbons (Fsp3) is 0.250. The average molecular weight is 458 g/mol. The van der Waals surface area contributed by atoms with Gasteiger partial charge in [-0.25, -0.2) is 21.6 Å². The molecule has 1 aliphatic rings. The lowest BCUT2D eigenvalue weighted by molar-refractivity contribution is -0.192. The summed E-state index contributed by atoms with van der Waals surface area (Å²) in [6, 6.07) is 9.53. The summed E-state index contributed by atoms with van der Waals surface area (Å²) in [4.78, 5) is 8.90. The van der Waals surface area contributed by atoms with E-state index in [4.69, 9.17) is 9.90 Å². The molecule has 2 N–H and O–H groups in total. The first kappa shape index (κ1) is 22.8. The molecular formula is C20H18F4N2O4S. The minimum atomic E-state index is -5.08. The highest BCUT2D eigenvalue weighted by molar-refractivity contribution is 7.90. The number of aryl methyl sites for hydroxylation is 1. The molecule has 4 rings (SSSR count). The summed E-state index contributed by atoms with van der Waals surface area (Å²) in [6.45, 7) is 3.19. The van der Waals surface area contributed by atoms with E-state index in [2.05, 4.69) is 5.32 Å². The Balaban J connectivity index is 0.000000339. The number of aromatic nitrogens is 1. The Morgan fingerprint density at radius 1 is 1.16 bits per heavy atom. The van der Waals surface area contributed by atoms with Gasteiger partial charge in [-0.2, -0.15) is 13.2 Å². The van der Waals surface area contributed by atoms with Crippen LogP contribution in [0.4, 0.5) is 17.6 Å². The lowest BCUT2D eigenvalue weighted by Crippen LogP contribution is -2.21. The quantitative estimate of drug-likeness (QED) is 0.573. The topological polar surface area (TPSA) is 88.4 Å². The predicted octanol–water partition coefficient (Wildman–Crippen LogP) is 3.60. The lowest BCUT2D eigenvalue weighted by atomic mass is 10.1. The first-order valence-corrected chi connectivity index (χ1v) is 10.5. The van der Waals surface area contributed by atoms with E-state index in [9.17, 15) is 26.0 Å². The summed E-state index contributed by atoms with van der Waals surface area (Å²) in [6.07, 6.45) is -2.64. The van der Waals surface area contributed by atoms with Gasteiger partial charge in [-0.3, -0.25) is 0 Å². The largest absolute Gasteiger partial charge is 0.490 e. The van der Waals surface area contributed by atoms with Crippen LogP contribution in [0.15, 0.2) is 47.5 Å². The van der Waals surface area contributed by atoms with Crippen LogP contribution in [0.2, 0.25) is 0 Å². The molecule has 1 aromatic heterocycles. The predicted molar refractivity (Wildman–Crippen MR) is 105 cm³/mol. The minimum absolute atomic E-state index is 0.00605. The molecule has 6 nitrogen and oxygen atoms in total. The Kier molecular flexibility index (Phi) is 6.10. The van der Waals surface area contributed by atoms with Crippen LogP contribution in [-0.4, -0.2) is 36.2 Å². The Labute approximate surface area is 175 Å². The number of hydrogen-bond acceptors (Lipinski definition) is 4. The van der Waals surface area contributed by atoms with Crippen LogP contribution in [0, 0.1) is 12.7 Å². The number of carboxylic acids is 1. The van der Waals surface area contributed by atoms with Gasteiger partial charge >= 0.3 is 12.1 Å². The van der Waals surface area contributed by atoms with Crippen molar-refractivity contribution in [3.63, 3.8) is 0 Å². The number of nitrogens with zero attached hydrogens (tertiary/aromatic N) is 1. The maximum atomic E-state index is 13.6. The van der Waals surface area contributed by atoms with Gasteiger partial charge in [0.15, 0.2) is 0 Å². The van der Waals surface area contributed by atoms with Crippen molar-refractivity contribution in [2.75, 3.05) is 6.54 Å². The summed E-state index contributed by atoms with van der Waals surface area (Å²) in [5.41, 5.74) is 3.27. The fourth-order valence-corrected chi connectivity index (χ4v) is 4.98. The molecular weight excluding hydrogens is 440 g/mol. The van der Waals surface area contributed by atoms with Gasteiger partial charge in [0.25, 0.3) is 10.0 Å². The summed E-state index contributed by atoms with van der Waals surface area (Å²) in [5, 5.41) is 11.4. The third-order valence-corrected chi connectivity index (χ3v) is 6.59. The van der Waals surface area contributed by atoms with Gasteiger partial charge in [-0.15, -0.1) is 0 Å². The molecule has 0 spiro atoms. The molecule has 166 valence electrons. The first-order valence-electron chi connectivity index (χ1n) is 9.07. The monoisotopic (exact) mass is 458 g/mol. The molecule has 3 aromatic rings. The van der Waals surface area contributed by atoms with Crippen molar-refractivity contribution in [2.24, 2.45) is 0 Å². The van der Waals surface area contributed by atoms with Crippen molar-refractivity contribution < 1.29 is 35.9 Å². The number of hydrogen-bond donors (Lipinski definition) is 2. The van der Waals surface area contributed by atoms with Gasteiger partial charge < -0.3 is 10.4 Å². The van der Waals surface area contributed by atoms with Gasteiger partial charge in [-0.1, -0.05) is 18.2 Å². The summed E-state index contributed by atoms with van der Waals surface area (Å²) >= 11 is 0. The number of carboxylic acid groups (broad SMARTS) is 1. The van der Waals surface area contributed by atoms with Crippen molar-refractivity contribution >= 4 is 26.9 Å². The highest BCUT2D eigenvalue weighted by Crippen LogP contribution is 2.31. The number of nitrogens with one attached hydrogen (secondary N) is 1. The van der Waals surface area contributed by atoms with Crippen molar-refractivity contribution in [1.29, 1.82) is 0 Å². The molecule has 31 heavy (non-hydrogen) atoms. The van der Waals surface area contributed by atoms with Crippen molar-refractivity contribution in [2.45, 2.75) is 31.0 Å². The normalized spacial score (nSPS) is 14.0. The van der Waals surface area contributed by atoms with E-state index in [1.165, 1.54) is 16.1 Å². The standard InChI is InChI=1S/C18H17FN2O2S.C2HF3O2/c1-12-5-6-15(19)9-17(12)24(22,23)21-11-14-7-8-20-10-13-3-2-4-16(21)18(13)14;3-2(4,5)1(6)7/h2-6,9,11,20H,7-8,10H2,1H3;(H,6,7). The lowest BCUT2D eigenvalue weighted by Gasteiger charge is -2.11. The molecule has 0 saturated heterocycles. The van der Waals surface area contributed by atoms with E-state index in [-0.39, 0.29) is 4.90 Å². The SMILES string of the molecule is Cc1ccc(F)cc1S(=O)(=O)n1cc2c3c(cccc31)CNCC2.O=C(O)C(F)(F)F. The number of benzene rings is 2. The van der Waals surface area contributed by atoms with E-state index in [0.717, 1.165) is 35.5 Å². The van der Waals surface area contributed by atoms with Gasteiger partial charge in [0, 0.05) is 18.1 Å². The zero-order chi connectivity index (χ0) is 23.0. The van der Waals surface area contributed by atoms with Crippen LogP contribution in [0.1, 0.15) is 16.7 Å². The highest BCUT2D eigenvalue weighted by Gasteiger charge is 2.38. The van der Waals surface area contributed by atoms with Crippen LogP contribution in [-0.2, 0) is 27.8 Å². The molecule has 1 aliphatic heterocycles. The van der Waals surface area contributed by atoms with Gasteiger partial charge in [0.1, 0.15) is 5.82 Å². The molecule has 0 unspecified atom stereocenters. The van der Waals surface area contributed by atoms with E-state index in [1.54, 1.807) is 19.2 Å². The Morgan fingerprint density at radius 2 is 1.84 bits per heavy atom. The van der Waals surface area contributed by atoms with E-state index >= 15 is 0 Å². The Bertz CT molecular complexity index is 1250. The fourth-order valence-electron chi connectivity index (χ4n) is 3.36. The molecule has 2 aromatic carbocycles. The minimum Gasteiger partial charge on any atom is -0.475 e. The average Bonchev–Trinajstić information content (AvgIpc) is 2.94. The van der Waals surface area contributed by atoms with E-state index in [0.29, 0.717) is 17.6 Å². The van der Waals surface area contributed by atoms with Crippen LogP contribution >= 0.6 is 0 Å². The van der Waals surface area contributed by atoms with Gasteiger partial charge in [-0.05, 0) is 54.8 Å². The van der Waals surface area contributed by atoms with Crippen LogP contribution in [0.3, 0.4) is 0 Å². The zero-order valence-corrected chi connectivity index (χ0v) is 17.0. The zero-order valence-electron chi connectivity index (χ0n) is 16.2. The molecule has 2 heterocycles. The molecule has 0 amide bonds. The first-order chi connectivity index (χ1) is 14.4. The highest BCUT2D eigenvalue weighted by atomic mass is 32.2. The number of aliphatic carboxylic acids is 1. The number of alkyl halides is 3. The van der Waals surface area contributed by atoms with Crippen molar-refractivity contribution in [1.82, 2.24) is 9.29 Å². The number of carbonyl (C=O) groups is 1. The third kappa shape index (κ3) is 4.57. The summed E-state index contributed by atoms with van der Waals surface area (Å²) in [5.74, 6) is -3.31. The molecule has 0 fully saturated rings. The van der Waals surface area contributed by atoms with E-state index in [1.807, 2.05) is 12.1 Å². The Hall–Kier alpha value is -2.92. The smallest absolute Gasteiger partial charge is 0.475 e. The third-order valence-electron chi connectivity index (χ3n) is 4.78. The van der Waals surface area contributed by atoms with Crippen molar-refractivity contribution in [3.05, 3.63) is 65.1 Å². The van der Waals surface area contributed by atoms with Gasteiger partial charge in [0.05, 0.1) is 10.4 Å². The number of rotatable bonds is 2. The molecule has 0 radical (unpaired) electrons. The molecule has 11 heteroatoms. The van der Waals surface area contributed by atoms with E-state index < -0.39 is 28.0 Å². The molecule has 0 aliphatic carbocycles. The maximum Gasteiger partial charge on any atom is 0.490 e. The second-order valence-corrected chi connectivity index (χ2v) is 8.69. The van der Waals surface area contributed by atoms with Crippen molar-refractivity contribution in [3.8, 4) is 0 Å². The Morgan fingerprint density at radius 3 is 2.48 bits per heavy atom.